The van der Waals surface area contributed by atoms with Gasteiger partial charge in [0.25, 0.3) is 0 Å². The van der Waals surface area contributed by atoms with Gasteiger partial charge in [0.2, 0.25) is 5.16 Å². The third kappa shape index (κ3) is 3.98. The number of nitrogens with zero attached hydrogens (tertiary/aromatic N) is 4. The molecule has 0 fully saturated rings. The van der Waals surface area contributed by atoms with Gasteiger partial charge >= 0.3 is 0 Å². The van der Waals surface area contributed by atoms with Crippen molar-refractivity contribution in [2.45, 2.75) is 18.7 Å². The van der Waals surface area contributed by atoms with Crippen LogP contribution in [0.15, 0.2) is 51.3 Å². The van der Waals surface area contributed by atoms with Crippen molar-refractivity contribution in [2.24, 2.45) is 5.10 Å². The molecule has 0 aliphatic rings. The first kappa shape index (κ1) is 16.6. The summed E-state index contributed by atoms with van der Waals surface area (Å²) in [4.78, 5) is 0. The average Bonchev–Trinajstić information content (AvgIpc) is 3.22. The fourth-order valence-corrected chi connectivity index (χ4v) is 2.48. The molecular weight excluding hydrogens is 348 g/mol. The van der Waals surface area contributed by atoms with Crippen LogP contribution in [0.5, 0.6) is 5.75 Å². The lowest BCUT2D eigenvalue weighted by molar-refractivity contribution is 0.269. The molecular formula is C16H15ClN4O2S. The molecule has 0 unspecified atom stereocenters. The Morgan fingerprint density at radius 1 is 1.38 bits per heavy atom. The van der Waals surface area contributed by atoms with Crippen molar-refractivity contribution in [3.63, 3.8) is 0 Å². The topological polar surface area (TPSA) is 65.4 Å². The number of halogens is 1. The van der Waals surface area contributed by atoms with Crippen molar-refractivity contribution in [3.8, 4) is 5.75 Å². The van der Waals surface area contributed by atoms with Gasteiger partial charge in [0.15, 0.2) is 0 Å². The molecule has 0 amide bonds. The van der Waals surface area contributed by atoms with E-state index in [4.69, 9.17) is 20.8 Å². The molecule has 124 valence electrons. The molecule has 0 saturated heterocycles. The fourth-order valence-electron chi connectivity index (χ4n) is 1.95. The molecule has 8 heteroatoms. The highest BCUT2D eigenvalue weighted by Gasteiger charge is 2.04. The number of ether oxygens (including phenoxy) is 1. The molecule has 0 N–H and O–H groups in total. The summed E-state index contributed by atoms with van der Waals surface area (Å²) in [6.07, 6.45) is 5.06. The second-order valence-corrected chi connectivity index (χ2v) is 6.09. The van der Waals surface area contributed by atoms with Crippen LogP contribution in [0.3, 0.4) is 0 Å². The minimum atomic E-state index is 0.331. The van der Waals surface area contributed by atoms with Gasteiger partial charge in [-0.15, -0.1) is 10.2 Å². The van der Waals surface area contributed by atoms with Crippen molar-refractivity contribution >= 4 is 29.6 Å². The highest BCUT2D eigenvalue weighted by molar-refractivity contribution is 7.98. The summed E-state index contributed by atoms with van der Waals surface area (Å²) in [7, 11) is 0. The van der Waals surface area contributed by atoms with Crippen LogP contribution >= 0.6 is 23.4 Å². The van der Waals surface area contributed by atoms with Gasteiger partial charge in [0.05, 0.1) is 6.21 Å². The lowest BCUT2D eigenvalue weighted by atomic mass is 10.2. The maximum absolute atomic E-state index is 6.00. The molecule has 2 aromatic heterocycles. The molecule has 0 aliphatic heterocycles. The van der Waals surface area contributed by atoms with E-state index in [9.17, 15) is 0 Å². The summed E-state index contributed by atoms with van der Waals surface area (Å²) in [5.74, 6) is 2.08. The number of aromatic nitrogens is 3. The van der Waals surface area contributed by atoms with Crippen LogP contribution in [0.2, 0.25) is 5.02 Å². The van der Waals surface area contributed by atoms with Gasteiger partial charge in [0.1, 0.15) is 30.2 Å². The molecule has 2 heterocycles. The van der Waals surface area contributed by atoms with Gasteiger partial charge in [-0.2, -0.15) is 9.78 Å². The second kappa shape index (κ2) is 7.55. The van der Waals surface area contributed by atoms with E-state index in [-0.39, 0.29) is 0 Å². The quantitative estimate of drug-likeness (QED) is 0.489. The highest BCUT2D eigenvalue weighted by atomic mass is 35.5. The largest absolute Gasteiger partial charge is 0.486 e. The van der Waals surface area contributed by atoms with Crippen LogP contribution in [0.4, 0.5) is 0 Å². The molecule has 0 radical (unpaired) electrons. The fraction of sp³-hybridized carbons (Fsp3) is 0.188. The van der Waals surface area contributed by atoms with Crippen LogP contribution in [0.25, 0.3) is 0 Å². The van der Waals surface area contributed by atoms with E-state index in [1.807, 2.05) is 43.5 Å². The summed E-state index contributed by atoms with van der Waals surface area (Å²) in [6, 6.07) is 9.22. The molecule has 24 heavy (non-hydrogen) atoms. The Morgan fingerprint density at radius 3 is 3.04 bits per heavy atom. The molecule has 1 aromatic carbocycles. The van der Waals surface area contributed by atoms with Crippen LogP contribution in [0, 0.1) is 6.92 Å². The lowest BCUT2D eigenvalue weighted by Crippen LogP contribution is -1.94. The zero-order valence-corrected chi connectivity index (χ0v) is 14.7. The van der Waals surface area contributed by atoms with Crippen molar-refractivity contribution in [1.29, 1.82) is 0 Å². The lowest BCUT2D eigenvalue weighted by Gasteiger charge is -2.05. The maximum atomic E-state index is 6.00. The monoisotopic (exact) mass is 362 g/mol. The van der Waals surface area contributed by atoms with Crippen LogP contribution in [0.1, 0.15) is 17.1 Å². The van der Waals surface area contributed by atoms with E-state index in [1.165, 1.54) is 18.1 Å². The Morgan fingerprint density at radius 2 is 2.25 bits per heavy atom. The summed E-state index contributed by atoms with van der Waals surface area (Å²) in [5.41, 5.74) is 0.972. The van der Waals surface area contributed by atoms with Gasteiger partial charge in [-0.05, 0) is 49.1 Å². The Balaban J connectivity index is 1.62. The molecule has 6 nitrogen and oxygen atoms in total. The standard InChI is InChI=1S/C16H15ClN4O2S/c1-11-7-12(5-6-15(11)17)22-9-14-4-3-13(23-14)8-19-21-10-18-20-16(21)24-2/h3-8,10H,9H2,1-2H3. The molecule has 0 bridgehead atoms. The number of hydrogen-bond donors (Lipinski definition) is 0. The third-order valence-corrected chi connectivity index (χ3v) is 4.24. The van der Waals surface area contributed by atoms with Crippen LogP contribution in [-0.4, -0.2) is 27.3 Å². The van der Waals surface area contributed by atoms with E-state index in [0.717, 1.165) is 16.3 Å². The Kier molecular flexibility index (Phi) is 5.22. The zero-order chi connectivity index (χ0) is 16.9. The van der Waals surface area contributed by atoms with Crippen molar-refractivity contribution in [2.75, 3.05) is 6.26 Å². The van der Waals surface area contributed by atoms with Gasteiger partial charge in [-0.25, -0.2) is 0 Å². The minimum Gasteiger partial charge on any atom is -0.486 e. The number of rotatable bonds is 6. The van der Waals surface area contributed by atoms with Crippen LogP contribution in [-0.2, 0) is 6.61 Å². The zero-order valence-electron chi connectivity index (χ0n) is 13.1. The van der Waals surface area contributed by atoms with Gasteiger partial charge < -0.3 is 9.15 Å². The van der Waals surface area contributed by atoms with E-state index in [0.29, 0.717) is 23.3 Å². The predicted octanol–water partition coefficient (Wildman–Crippen LogP) is 4.02. The normalized spacial score (nSPS) is 11.3. The van der Waals surface area contributed by atoms with E-state index >= 15 is 0 Å². The van der Waals surface area contributed by atoms with Crippen molar-refractivity contribution in [3.05, 3.63) is 58.8 Å². The number of hydrogen-bond acceptors (Lipinski definition) is 6. The molecule has 3 aromatic rings. The van der Waals surface area contributed by atoms with Crippen LogP contribution < -0.4 is 4.74 Å². The summed E-state index contributed by atoms with van der Waals surface area (Å²) in [6.45, 7) is 2.27. The Labute approximate surface area is 148 Å². The van der Waals surface area contributed by atoms with Gasteiger partial charge in [-0.1, -0.05) is 23.4 Å². The highest BCUT2D eigenvalue weighted by Crippen LogP contribution is 2.22. The number of aryl methyl sites for hydroxylation is 1. The van der Waals surface area contributed by atoms with Crippen molar-refractivity contribution in [1.82, 2.24) is 14.9 Å². The maximum Gasteiger partial charge on any atom is 0.211 e. The first-order valence-corrected chi connectivity index (χ1v) is 8.72. The molecule has 3 rings (SSSR count). The molecule has 0 aliphatic carbocycles. The predicted molar refractivity (Wildman–Crippen MR) is 94.0 cm³/mol. The average molecular weight is 363 g/mol. The van der Waals surface area contributed by atoms with E-state index < -0.39 is 0 Å². The smallest absolute Gasteiger partial charge is 0.211 e. The number of furan rings is 1. The third-order valence-electron chi connectivity index (χ3n) is 3.19. The summed E-state index contributed by atoms with van der Waals surface area (Å²) in [5, 5.41) is 13.4. The minimum absolute atomic E-state index is 0.331. The Bertz CT molecular complexity index is 859. The Hall–Kier alpha value is -2.25. The van der Waals surface area contributed by atoms with E-state index in [2.05, 4.69) is 15.3 Å². The first-order chi connectivity index (χ1) is 11.7. The summed E-state index contributed by atoms with van der Waals surface area (Å²) >= 11 is 7.46. The molecule has 0 spiro atoms. The molecule has 0 atom stereocenters. The van der Waals surface area contributed by atoms with Gasteiger partial charge in [-0.3, -0.25) is 0 Å². The summed E-state index contributed by atoms with van der Waals surface area (Å²) < 4.78 is 13.0. The number of benzene rings is 1. The SMILES string of the molecule is CSc1nncn1N=Cc1ccc(COc2ccc(Cl)c(C)c2)o1. The van der Waals surface area contributed by atoms with Crippen molar-refractivity contribution < 1.29 is 9.15 Å². The number of thioether (sulfide) groups is 1. The first-order valence-electron chi connectivity index (χ1n) is 7.12. The second-order valence-electron chi connectivity index (χ2n) is 4.91. The van der Waals surface area contributed by atoms with E-state index in [1.54, 1.807) is 10.9 Å². The molecule has 0 saturated carbocycles. The van der Waals surface area contributed by atoms with Gasteiger partial charge in [0, 0.05) is 5.02 Å².